The number of halogens is 2. The molecule has 22 nitrogen and oxygen atoms in total. The molecule has 5 unspecified atom stereocenters. The summed E-state index contributed by atoms with van der Waals surface area (Å²) in [5.74, 6) is 4.48. The van der Waals surface area contributed by atoms with E-state index in [1.54, 1.807) is 66.0 Å². The van der Waals surface area contributed by atoms with Crippen molar-refractivity contribution in [2.24, 2.45) is 0 Å². The number of carbonyl (C=O) groups is 10. The molecule has 15 rings (SSSR count). The van der Waals surface area contributed by atoms with Gasteiger partial charge in [-0.1, -0.05) is 189 Å². The number of terminal acetylenes is 5. The van der Waals surface area contributed by atoms with E-state index in [2.05, 4.69) is 77.1 Å². The van der Waals surface area contributed by atoms with Crippen LogP contribution in [0, 0.1) is 110 Å². The lowest BCUT2D eigenvalue weighted by atomic mass is 9.87. The van der Waals surface area contributed by atoms with Gasteiger partial charge in [0.25, 0.3) is 0 Å². The predicted molar refractivity (Wildman–Crippen MR) is 562 cm³/mol. The van der Waals surface area contributed by atoms with Gasteiger partial charge >= 0.3 is 29.5 Å². The number of hydrogen-bond acceptors (Lipinski definition) is 17. The monoisotopic (exact) mass is 2000 g/mol. The molecule has 5 aliphatic rings. The average molecular weight is 2000 g/mol. The zero-order chi connectivity index (χ0) is 102. The SMILES string of the molecule is C#CC(=O)N(c1ccc(C#N)cc1)C(C(=O)NC1CCCCC1)c1cccs1.C#CC(=O)N(c1ccc(C(C)(C)C)cc1)C(C(=O)NC1CCCCC1)c1cccs1.C#CC(=O)N(c1ccc(C)cc1C)C(C(=O)NC1CCCCC1)c1cccs1.C#CC(=O)N(c1ccc(F)cc1F)C(C(=O)NC1CCCCC1)c1cccs1.C#CC(=O)N(c1ccccc1C#N)C(C(=O)NC1CCCCC1)c1cccs1. The minimum absolute atomic E-state index is 0.00423. The Hall–Kier alpha value is -14.1. The lowest BCUT2D eigenvalue weighted by Gasteiger charge is -2.32. The van der Waals surface area contributed by atoms with Crippen molar-refractivity contribution in [3.8, 4) is 73.9 Å². The second-order valence-electron chi connectivity index (χ2n) is 36.4. The summed E-state index contributed by atoms with van der Waals surface area (Å²) in [5.41, 5.74) is 5.79. The molecule has 5 aromatic carbocycles. The molecule has 5 aromatic heterocycles. The Labute approximate surface area is 851 Å². The van der Waals surface area contributed by atoms with E-state index in [1.807, 2.05) is 138 Å². The van der Waals surface area contributed by atoms with Gasteiger partial charge in [-0.2, -0.15) is 10.5 Å². The van der Waals surface area contributed by atoms with Gasteiger partial charge in [0.2, 0.25) is 29.5 Å². The van der Waals surface area contributed by atoms with Gasteiger partial charge in [-0.25, -0.2) is 8.78 Å². The summed E-state index contributed by atoms with van der Waals surface area (Å²) < 4.78 is 27.9. The Morgan fingerprint density at radius 1 is 0.338 bits per heavy atom. The van der Waals surface area contributed by atoms with Crippen molar-refractivity contribution >= 4 is 144 Å². The Kier molecular flexibility index (Phi) is 41.3. The molecule has 734 valence electrons. The van der Waals surface area contributed by atoms with Crippen molar-refractivity contribution in [1.82, 2.24) is 26.6 Å². The maximum atomic E-state index is 14.5. The van der Waals surface area contributed by atoms with E-state index in [4.69, 9.17) is 37.4 Å². The third-order valence-electron chi connectivity index (χ3n) is 25.4. The van der Waals surface area contributed by atoms with E-state index in [0.29, 0.717) is 44.1 Å². The van der Waals surface area contributed by atoms with Crippen LogP contribution in [0.4, 0.5) is 37.2 Å². The first kappa shape index (κ1) is 108. The molecule has 5 N–H and O–H groups in total. The van der Waals surface area contributed by atoms with Crippen LogP contribution >= 0.6 is 56.7 Å². The van der Waals surface area contributed by atoms with E-state index >= 15 is 0 Å². The fourth-order valence-corrected chi connectivity index (χ4v) is 22.4. The summed E-state index contributed by atoms with van der Waals surface area (Å²) in [6.45, 7) is 10.3. The first-order valence-corrected chi connectivity index (χ1v) is 52.3. The molecule has 5 saturated carbocycles. The molecule has 0 spiro atoms. The first-order valence-electron chi connectivity index (χ1n) is 47.9. The van der Waals surface area contributed by atoms with Gasteiger partial charge in [-0.05, 0) is 248 Å². The number of carbonyl (C=O) groups excluding carboxylic acids is 10. The van der Waals surface area contributed by atoms with Gasteiger partial charge in [-0.15, -0.1) is 88.8 Å². The Morgan fingerprint density at radius 3 is 0.908 bits per heavy atom. The number of nitriles is 2. The molecule has 0 radical (unpaired) electrons. The van der Waals surface area contributed by atoms with Crippen molar-refractivity contribution in [1.29, 1.82) is 10.5 Å². The van der Waals surface area contributed by atoms with Gasteiger partial charge < -0.3 is 26.6 Å². The summed E-state index contributed by atoms with van der Waals surface area (Å²) in [7, 11) is 0. The van der Waals surface area contributed by atoms with E-state index in [1.165, 1.54) is 102 Å². The highest BCUT2D eigenvalue weighted by Crippen LogP contribution is 2.41. The summed E-state index contributed by atoms with van der Waals surface area (Å²) in [5, 5.41) is 43.4. The topological polar surface area (TPSA) is 295 Å². The second kappa shape index (κ2) is 54.1. The van der Waals surface area contributed by atoms with Crippen molar-refractivity contribution in [2.45, 2.75) is 261 Å². The van der Waals surface area contributed by atoms with Crippen LogP contribution in [0.15, 0.2) is 197 Å². The Balaban J connectivity index is 0.000000170. The first-order chi connectivity index (χ1) is 68.6. The number of rotatable bonds is 25. The van der Waals surface area contributed by atoms with Crippen LogP contribution in [-0.4, -0.2) is 89.3 Å². The van der Waals surface area contributed by atoms with Crippen molar-refractivity contribution in [3.63, 3.8) is 0 Å². The van der Waals surface area contributed by atoms with Crippen LogP contribution in [0.3, 0.4) is 0 Å². The number of benzene rings is 5. The third kappa shape index (κ3) is 29.5. The molecule has 10 amide bonds. The standard InChI is InChI=1S/C25H30N2O2S.C23H26N2O2S.2C22H21N3O2S.C21H20F2N2O2S/c1-5-22(28)27(20-15-13-18(14-16-20)25(2,3)4)23(21-12-9-17-30-21)24(29)26-19-10-7-6-8-11-19;1-4-21(26)25(19-13-12-16(2)15-17(19)3)22(20-11-8-14-28-20)23(27)24-18-9-6-5-7-10-18;1-2-20(26)25(18-12-7-6-9-16(18)15-23)21(19-13-8-14-28-19)22(27)24-17-10-4-3-5-11-17;1-2-20(26)25(18-12-10-16(15-23)11-13-18)21(19-9-6-14-28-19)22(27)24-17-7-4-3-5-8-17;1-2-19(26)25(17-11-10-14(22)13-16(17)23)20(18-9-6-12-28-18)21(27)24-15-7-4-3-5-8-15/h1,9,12-17,19,23H,6-8,10-11H2,2-4H3,(H,26,29);1,8,11-15,18,22H,5-7,9-10H2,2-3H3,(H,24,27);1,6-9,12-14,17,21H,3-5,10-11H2,(H,24,27);1,6,9-14,17,21H,3-5,7-8H2,(H,24,27);1,6,9-13,15,20H,3-5,7-8H2,(H,24,27). The fourth-order valence-electron chi connectivity index (χ4n) is 18.3. The Morgan fingerprint density at radius 2 is 0.627 bits per heavy atom. The molecule has 10 aromatic rings. The Bertz CT molecular complexity index is 6090. The molecule has 0 bridgehead atoms. The molecule has 0 aliphatic heterocycles. The van der Waals surface area contributed by atoms with Crippen LogP contribution in [0.1, 0.15) is 264 Å². The van der Waals surface area contributed by atoms with Gasteiger partial charge in [0.15, 0.2) is 30.2 Å². The van der Waals surface area contributed by atoms with Crippen LogP contribution in [0.2, 0.25) is 0 Å². The van der Waals surface area contributed by atoms with Gasteiger partial charge in [0, 0.05) is 77.7 Å². The largest absolute Gasteiger partial charge is 0.351 e. The highest BCUT2D eigenvalue weighted by Gasteiger charge is 2.42. The zero-order valence-electron chi connectivity index (χ0n) is 80.4. The molecule has 142 heavy (non-hydrogen) atoms. The van der Waals surface area contributed by atoms with Gasteiger partial charge in [0.1, 0.15) is 17.7 Å². The highest BCUT2D eigenvalue weighted by atomic mass is 32.1. The van der Waals surface area contributed by atoms with Crippen molar-refractivity contribution in [3.05, 3.63) is 261 Å². The quantitative estimate of drug-likeness (QED) is 0.0334. The molecule has 5 fully saturated rings. The number of anilines is 5. The minimum Gasteiger partial charge on any atom is -0.351 e. The van der Waals surface area contributed by atoms with Gasteiger partial charge in [-0.3, -0.25) is 72.4 Å². The maximum Gasteiger partial charge on any atom is 0.303 e. The maximum absolute atomic E-state index is 14.5. The highest BCUT2D eigenvalue weighted by molar-refractivity contribution is 7.11. The van der Waals surface area contributed by atoms with E-state index < -0.39 is 77.3 Å². The molecule has 0 saturated heterocycles. The predicted octanol–water partition coefficient (Wildman–Crippen LogP) is 21.5. The zero-order valence-corrected chi connectivity index (χ0v) is 84.5. The van der Waals surface area contributed by atoms with Crippen LogP contribution in [0.5, 0.6) is 0 Å². The van der Waals surface area contributed by atoms with Crippen LogP contribution in [0.25, 0.3) is 0 Å². The normalized spacial score (nSPS) is 15.4. The van der Waals surface area contributed by atoms with E-state index in [0.717, 1.165) is 183 Å². The number of thiophene rings is 5. The number of nitrogens with zero attached hydrogens (tertiary/aromatic N) is 7. The molecule has 5 heterocycles. The number of para-hydroxylation sites is 1. The molecular formula is C113H118F2N12O10S5. The molecule has 29 heteroatoms. The summed E-state index contributed by atoms with van der Waals surface area (Å²) in [6.07, 6.45) is 53.4. The molecule has 5 aliphatic carbocycles. The van der Waals surface area contributed by atoms with Crippen molar-refractivity contribution < 1.29 is 56.7 Å². The fraction of sp³-hybridized carbons (Fsp3) is 0.363. The van der Waals surface area contributed by atoms with E-state index in [-0.39, 0.29) is 70.5 Å². The summed E-state index contributed by atoms with van der Waals surface area (Å²) >= 11 is 6.96. The average Bonchev–Trinajstić information content (AvgIpc) is 0.982. The lowest BCUT2D eigenvalue weighted by molar-refractivity contribution is -0.126. The number of amides is 10. The van der Waals surface area contributed by atoms with E-state index in [9.17, 15) is 62.0 Å². The number of hydrogen-bond donors (Lipinski definition) is 5. The molecule has 5 atom stereocenters. The smallest absolute Gasteiger partial charge is 0.303 e. The summed E-state index contributed by atoms with van der Waals surface area (Å²) in [6, 6.07) is 48.0. The van der Waals surface area contributed by atoms with Crippen LogP contribution in [-0.2, 0) is 53.4 Å². The lowest BCUT2D eigenvalue weighted by Crippen LogP contribution is -2.47. The minimum atomic E-state index is -1.13. The summed E-state index contributed by atoms with van der Waals surface area (Å²) in [4.78, 5) is 140. The molecular weight excluding hydrogens is 1880 g/mol. The second-order valence-corrected chi connectivity index (χ2v) is 41.3. The third-order valence-corrected chi connectivity index (χ3v) is 30.0. The van der Waals surface area contributed by atoms with Gasteiger partial charge in [0.05, 0.1) is 28.6 Å². The van der Waals surface area contributed by atoms with Crippen molar-refractivity contribution in [2.75, 3.05) is 24.5 Å². The number of nitrogens with one attached hydrogen (secondary N) is 5. The van der Waals surface area contributed by atoms with Crippen LogP contribution < -0.4 is 51.1 Å². The number of aryl methyl sites for hydroxylation is 2.